The van der Waals surface area contributed by atoms with Crippen LogP contribution in [0.2, 0.25) is 0 Å². The molecule has 1 N–H and O–H groups in total. The quantitative estimate of drug-likeness (QED) is 0.444. The van der Waals surface area contributed by atoms with Crippen LogP contribution in [0.1, 0.15) is 27.4 Å². The van der Waals surface area contributed by atoms with Gasteiger partial charge in [0.1, 0.15) is 0 Å². The Morgan fingerprint density at radius 2 is 1.79 bits per heavy atom. The molecule has 0 aliphatic heterocycles. The molecule has 0 fully saturated rings. The lowest BCUT2D eigenvalue weighted by molar-refractivity contribution is 0.107. The Morgan fingerprint density at radius 3 is 2.52 bits per heavy atom. The number of benzene rings is 2. The summed E-state index contributed by atoms with van der Waals surface area (Å²) in [4.78, 5) is 11.0. The van der Waals surface area contributed by atoms with Gasteiger partial charge in [-0.2, -0.15) is 0 Å². The number of hydrogen-bond acceptors (Lipinski definition) is 4. The van der Waals surface area contributed by atoms with E-state index >= 15 is 0 Å². The molecule has 3 rings (SSSR count). The topological polar surface area (TPSA) is 49.8 Å². The van der Waals surface area contributed by atoms with Crippen LogP contribution >= 0.6 is 11.3 Å². The van der Waals surface area contributed by atoms with Gasteiger partial charge in [-0.3, -0.25) is 4.99 Å². The Bertz CT molecular complexity index is 923. The van der Waals surface area contributed by atoms with Crippen molar-refractivity contribution < 1.29 is 4.74 Å². The molecule has 0 unspecified atom stereocenters. The van der Waals surface area contributed by atoms with Gasteiger partial charge in [0.2, 0.25) is 0 Å². The van der Waals surface area contributed by atoms with Crippen LogP contribution in [-0.2, 0) is 31.0 Å². The van der Waals surface area contributed by atoms with E-state index < -0.39 is 0 Å². The van der Waals surface area contributed by atoms with E-state index in [1.54, 1.807) is 18.4 Å². The summed E-state index contributed by atoms with van der Waals surface area (Å²) in [5.74, 6) is 0.849. The summed E-state index contributed by atoms with van der Waals surface area (Å²) in [6.07, 6.45) is 0. The minimum Gasteiger partial charge on any atom is -0.372 e. The predicted molar refractivity (Wildman–Crippen MR) is 120 cm³/mol. The zero-order valence-corrected chi connectivity index (χ0v) is 18.1. The first-order valence-electron chi connectivity index (χ1n) is 9.66. The van der Waals surface area contributed by atoms with E-state index in [1.165, 1.54) is 16.7 Å². The predicted octanol–water partition coefficient (Wildman–Crippen LogP) is 4.38. The highest BCUT2D eigenvalue weighted by Gasteiger charge is 2.09. The van der Waals surface area contributed by atoms with Crippen molar-refractivity contribution in [3.05, 3.63) is 87.4 Å². The fourth-order valence-electron chi connectivity index (χ4n) is 3.05. The van der Waals surface area contributed by atoms with Crippen molar-refractivity contribution in [1.82, 2.24) is 15.2 Å². The maximum absolute atomic E-state index is 5.86. The van der Waals surface area contributed by atoms with Crippen molar-refractivity contribution in [1.29, 1.82) is 0 Å². The Labute approximate surface area is 177 Å². The molecule has 1 heterocycles. The molecule has 0 aliphatic carbocycles. The second kappa shape index (κ2) is 10.7. The fraction of sp³-hybridized carbons (Fsp3) is 0.304. The van der Waals surface area contributed by atoms with Crippen molar-refractivity contribution in [2.75, 3.05) is 14.1 Å². The molecule has 3 aromatic rings. The van der Waals surface area contributed by atoms with E-state index in [0.29, 0.717) is 19.8 Å². The number of ether oxygens (including phenoxy) is 1. The Kier molecular flexibility index (Phi) is 7.78. The van der Waals surface area contributed by atoms with E-state index in [4.69, 9.17) is 4.74 Å². The molecule has 0 spiro atoms. The van der Waals surface area contributed by atoms with E-state index in [0.717, 1.165) is 23.2 Å². The lowest BCUT2D eigenvalue weighted by atomic mass is 10.1. The highest BCUT2D eigenvalue weighted by atomic mass is 32.1. The molecule has 6 heteroatoms. The molecular weight excluding hydrogens is 380 g/mol. The zero-order valence-electron chi connectivity index (χ0n) is 17.3. The molecule has 0 saturated carbocycles. The minimum absolute atomic E-state index is 0.598. The van der Waals surface area contributed by atoms with Crippen LogP contribution in [0.25, 0.3) is 0 Å². The van der Waals surface area contributed by atoms with Gasteiger partial charge in [-0.25, -0.2) is 4.98 Å². The first-order chi connectivity index (χ1) is 14.1. The smallest absolute Gasteiger partial charge is 0.194 e. The molecule has 0 atom stereocenters. The minimum atomic E-state index is 0.598. The summed E-state index contributed by atoms with van der Waals surface area (Å²) in [5.41, 5.74) is 4.62. The number of hydrogen-bond donors (Lipinski definition) is 1. The third-order valence-electron chi connectivity index (χ3n) is 4.46. The van der Waals surface area contributed by atoms with Gasteiger partial charge in [0.05, 0.1) is 30.5 Å². The van der Waals surface area contributed by atoms with Crippen LogP contribution in [0.15, 0.2) is 65.0 Å². The monoisotopic (exact) mass is 408 g/mol. The van der Waals surface area contributed by atoms with Gasteiger partial charge < -0.3 is 15.0 Å². The number of aliphatic imine (C=N–C) groups is 1. The number of aryl methyl sites for hydroxylation is 1. The lowest BCUT2D eigenvalue weighted by Gasteiger charge is -2.21. The van der Waals surface area contributed by atoms with Crippen LogP contribution in [0.4, 0.5) is 0 Å². The van der Waals surface area contributed by atoms with E-state index in [1.807, 2.05) is 32.2 Å². The van der Waals surface area contributed by atoms with E-state index in [9.17, 15) is 0 Å². The normalized spacial score (nSPS) is 11.5. The Hall–Kier alpha value is -2.70. The second-order valence-corrected chi connectivity index (χ2v) is 7.98. The summed E-state index contributed by atoms with van der Waals surface area (Å²) in [7, 11) is 3.83. The number of nitrogens with zero attached hydrogens (tertiary/aromatic N) is 3. The van der Waals surface area contributed by atoms with Crippen molar-refractivity contribution in [3.8, 4) is 0 Å². The molecule has 0 amide bonds. The first-order valence-corrected chi connectivity index (χ1v) is 10.5. The van der Waals surface area contributed by atoms with Crippen molar-refractivity contribution >= 4 is 17.3 Å². The van der Waals surface area contributed by atoms with Crippen molar-refractivity contribution in [3.63, 3.8) is 0 Å². The fourth-order valence-corrected chi connectivity index (χ4v) is 3.66. The van der Waals surface area contributed by atoms with Gasteiger partial charge in [0, 0.05) is 26.0 Å². The maximum atomic E-state index is 5.86. The van der Waals surface area contributed by atoms with Crippen molar-refractivity contribution in [2.45, 2.75) is 33.2 Å². The zero-order chi connectivity index (χ0) is 20.5. The Balaban J connectivity index is 1.49. The van der Waals surface area contributed by atoms with Crippen LogP contribution in [0, 0.1) is 6.92 Å². The molecule has 2 aromatic carbocycles. The average Bonchev–Trinajstić information content (AvgIpc) is 3.14. The van der Waals surface area contributed by atoms with E-state index in [2.05, 4.69) is 62.0 Å². The van der Waals surface area contributed by atoms with Crippen LogP contribution < -0.4 is 5.32 Å². The molecule has 29 heavy (non-hydrogen) atoms. The summed E-state index contributed by atoms with van der Waals surface area (Å²) < 4.78 is 5.86. The largest absolute Gasteiger partial charge is 0.372 e. The number of nitrogens with one attached hydrogen (secondary N) is 1. The van der Waals surface area contributed by atoms with Gasteiger partial charge in [-0.1, -0.05) is 54.6 Å². The molecule has 0 bridgehead atoms. The SMILES string of the molecule is CN=C(NCc1cccc(COCc2ccccc2)c1)N(C)Cc1csc(C)n1. The molecular formula is C23H28N4OS. The summed E-state index contributed by atoms with van der Waals surface area (Å²) in [6.45, 7) is 4.69. The third-order valence-corrected chi connectivity index (χ3v) is 5.28. The number of aromatic nitrogens is 1. The van der Waals surface area contributed by atoms with Crippen LogP contribution in [0.5, 0.6) is 0 Å². The maximum Gasteiger partial charge on any atom is 0.194 e. The van der Waals surface area contributed by atoms with E-state index in [-0.39, 0.29) is 0 Å². The Morgan fingerprint density at radius 1 is 1.07 bits per heavy atom. The molecule has 0 aliphatic rings. The third kappa shape index (κ3) is 6.69. The van der Waals surface area contributed by atoms with Gasteiger partial charge in [-0.15, -0.1) is 11.3 Å². The lowest BCUT2D eigenvalue weighted by Crippen LogP contribution is -2.38. The molecule has 152 valence electrons. The van der Waals surface area contributed by atoms with Gasteiger partial charge >= 0.3 is 0 Å². The second-order valence-electron chi connectivity index (χ2n) is 6.91. The molecule has 0 saturated heterocycles. The number of guanidine groups is 1. The number of thiazole rings is 1. The van der Waals surface area contributed by atoms with Gasteiger partial charge in [-0.05, 0) is 23.6 Å². The summed E-state index contributed by atoms with van der Waals surface area (Å²) in [5, 5.41) is 6.61. The highest BCUT2D eigenvalue weighted by molar-refractivity contribution is 7.09. The first kappa shape index (κ1) is 21.0. The average molecular weight is 409 g/mol. The molecule has 0 radical (unpaired) electrons. The van der Waals surface area contributed by atoms with Crippen molar-refractivity contribution in [2.24, 2.45) is 4.99 Å². The standard InChI is InChI=1S/C23H28N4OS/c1-18-26-22(17-29-18)14-27(3)23(24-2)25-13-20-10-7-11-21(12-20)16-28-15-19-8-5-4-6-9-19/h4-12,17H,13-16H2,1-3H3,(H,24,25). The summed E-state index contributed by atoms with van der Waals surface area (Å²) in [6, 6.07) is 18.7. The van der Waals surface area contributed by atoms with Gasteiger partial charge in [0.25, 0.3) is 0 Å². The van der Waals surface area contributed by atoms with Crippen LogP contribution in [0.3, 0.4) is 0 Å². The molecule has 1 aromatic heterocycles. The molecule has 5 nitrogen and oxygen atoms in total. The highest BCUT2D eigenvalue weighted by Crippen LogP contribution is 2.11. The summed E-state index contributed by atoms with van der Waals surface area (Å²) >= 11 is 1.67. The van der Waals surface area contributed by atoms with Crippen LogP contribution in [-0.4, -0.2) is 29.9 Å². The number of rotatable bonds is 8. The van der Waals surface area contributed by atoms with Gasteiger partial charge in [0.15, 0.2) is 5.96 Å².